The number of amides is 1. The van der Waals surface area contributed by atoms with Gasteiger partial charge in [0.1, 0.15) is 0 Å². The maximum Gasteiger partial charge on any atom is 0.220 e. The first-order chi connectivity index (χ1) is 8.08. The van der Waals surface area contributed by atoms with Crippen LogP contribution in [-0.4, -0.2) is 18.0 Å². The molecule has 0 saturated heterocycles. The van der Waals surface area contributed by atoms with E-state index < -0.39 is 0 Å². The fourth-order valence-electron chi connectivity index (χ4n) is 2.77. The van der Waals surface area contributed by atoms with Crippen LogP contribution in [0, 0.1) is 5.92 Å². The van der Waals surface area contributed by atoms with Gasteiger partial charge in [-0.25, -0.2) is 0 Å². The highest BCUT2D eigenvalue weighted by Crippen LogP contribution is 2.27. The second-order valence-corrected chi connectivity index (χ2v) is 5.72. The van der Waals surface area contributed by atoms with Crippen LogP contribution < -0.4 is 11.1 Å². The summed E-state index contributed by atoms with van der Waals surface area (Å²) >= 11 is 0. The lowest BCUT2D eigenvalue weighted by molar-refractivity contribution is -0.122. The van der Waals surface area contributed by atoms with E-state index in [-0.39, 0.29) is 18.0 Å². The Morgan fingerprint density at radius 3 is 2.53 bits per heavy atom. The predicted octanol–water partition coefficient (Wildman–Crippen LogP) is 2.59. The van der Waals surface area contributed by atoms with Gasteiger partial charge < -0.3 is 11.1 Å². The molecular weight excluding hydrogens is 212 g/mol. The molecule has 1 amide bonds. The van der Waals surface area contributed by atoms with E-state index in [1.165, 1.54) is 32.1 Å². The molecule has 3 nitrogen and oxygen atoms in total. The number of nitrogens with two attached hydrogens (primary N) is 1. The van der Waals surface area contributed by atoms with Crippen LogP contribution in [0.1, 0.15) is 65.2 Å². The van der Waals surface area contributed by atoms with Gasteiger partial charge in [-0.05, 0) is 32.6 Å². The largest absolute Gasteiger partial charge is 0.354 e. The smallest absolute Gasteiger partial charge is 0.220 e. The number of nitrogens with one attached hydrogen (secondary N) is 1. The summed E-state index contributed by atoms with van der Waals surface area (Å²) in [6.45, 7) is 4.01. The van der Waals surface area contributed by atoms with E-state index in [4.69, 9.17) is 5.73 Å². The first-order valence-corrected chi connectivity index (χ1v) is 7.13. The molecule has 1 aliphatic carbocycles. The Balaban J connectivity index is 2.11. The topological polar surface area (TPSA) is 55.1 Å². The molecule has 0 aromatic carbocycles. The van der Waals surface area contributed by atoms with Gasteiger partial charge in [0.05, 0.1) is 0 Å². The van der Waals surface area contributed by atoms with Gasteiger partial charge in [-0.15, -0.1) is 0 Å². The van der Waals surface area contributed by atoms with Crippen molar-refractivity contribution in [2.75, 3.05) is 0 Å². The van der Waals surface area contributed by atoms with Crippen LogP contribution >= 0.6 is 0 Å². The number of hydrogen-bond acceptors (Lipinski definition) is 2. The fraction of sp³-hybridized carbons (Fsp3) is 0.929. The van der Waals surface area contributed by atoms with E-state index in [0.717, 1.165) is 18.8 Å². The summed E-state index contributed by atoms with van der Waals surface area (Å²) in [5, 5.41) is 3.03. The zero-order chi connectivity index (χ0) is 12.7. The van der Waals surface area contributed by atoms with Gasteiger partial charge >= 0.3 is 0 Å². The summed E-state index contributed by atoms with van der Waals surface area (Å²) in [5.74, 6) is 0.988. The Labute approximate surface area is 106 Å². The Morgan fingerprint density at radius 1 is 1.29 bits per heavy atom. The lowest BCUT2D eigenvalue weighted by Crippen LogP contribution is -2.36. The molecule has 1 aliphatic rings. The third-order valence-electron chi connectivity index (χ3n) is 3.64. The van der Waals surface area contributed by atoms with E-state index in [1.807, 2.05) is 13.8 Å². The molecule has 0 aliphatic heterocycles. The third kappa shape index (κ3) is 6.67. The average molecular weight is 240 g/mol. The Bertz CT molecular complexity index is 222. The number of carbonyl (C=O) groups excluding carboxylic acids is 1. The second kappa shape index (κ2) is 7.70. The maximum atomic E-state index is 11.7. The van der Waals surface area contributed by atoms with Gasteiger partial charge in [0.15, 0.2) is 0 Å². The molecule has 2 unspecified atom stereocenters. The fourth-order valence-corrected chi connectivity index (χ4v) is 2.77. The summed E-state index contributed by atoms with van der Waals surface area (Å²) < 4.78 is 0. The molecule has 3 heteroatoms. The van der Waals surface area contributed by atoms with Crippen molar-refractivity contribution in [3.8, 4) is 0 Å². The van der Waals surface area contributed by atoms with E-state index in [2.05, 4.69) is 5.32 Å². The third-order valence-corrected chi connectivity index (χ3v) is 3.64. The van der Waals surface area contributed by atoms with Crippen LogP contribution in [-0.2, 0) is 4.79 Å². The van der Waals surface area contributed by atoms with Gasteiger partial charge in [0.25, 0.3) is 0 Å². The SMILES string of the molecule is CC(N)CC(C)NC(=O)CCC1CCCCC1. The highest BCUT2D eigenvalue weighted by atomic mass is 16.1. The molecule has 0 radical (unpaired) electrons. The average Bonchev–Trinajstić information content (AvgIpc) is 2.26. The van der Waals surface area contributed by atoms with Crippen LogP contribution in [0.4, 0.5) is 0 Å². The van der Waals surface area contributed by atoms with Gasteiger partial charge in [0, 0.05) is 18.5 Å². The van der Waals surface area contributed by atoms with Crippen molar-refractivity contribution in [3.05, 3.63) is 0 Å². The molecule has 0 spiro atoms. The second-order valence-electron chi connectivity index (χ2n) is 5.72. The molecule has 0 bridgehead atoms. The van der Waals surface area contributed by atoms with Crippen LogP contribution in [0.3, 0.4) is 0 Å². The van der Waals surface area contributed by atoms with Crippen molar-refractivity contribution in [1.29, 1.82) is 0 Å². The normalized spacial score (nSPS) is 20.9. The molecular formula is C14H28N2O. The molecule has 1 fully saturated rings. The molecule has 0 aromatic rings. The Hall–Kier alpha value is -0.570. The van der Waals surface area contributed by atoms with Crippen molar-refractivity contribution in [1.82, 2.24) is 5.32 Å². The molecule has 1 rings (SSSR count). The first-order valence-electron chi connectivity index (χ1n) is 7.13. The van der Waals surface area contributed by atoms with Gasteiger partial charge in [-0.2, -0.15) is 0 Å². The molecule has 17 heavy (non-hydrogen) atoms. The zero-order valence-corrected chi connectivity index (χ0v) is 11.4. The summed E-state index contributed by atoms with van der Waals surface area (Å²) in [6.07, 6.45) is 9.35. The van der Waals surface area contributed by atoms with E-state index in [0.29, 0.717) is 6.42 Å². The molecule has 100 valence electrons. The number of rotatable bonds is 6. The minimum Gasteiger partial charge on any atom is -0.354 e. The van der Waals surface area contributed by atoms with Gasteiger partial charge in [-0.3, -0.25) is 4.79 Å². The number of hydrogen-bond donors (Lipinski definition) is 2. The van der Waals surface area contributed by atoms with E-state index in [9.17, 15) is 4.79 Å². The zero-order valence-electron chi connectivity index (χ0n) is 11.4. The van der Waals surface area contributed by atoms with Crippen LogP contribution in [0.2, 0.25) is 0 Å². The lowest BCUT2D eigenvalue weighted by atomic mass is 9.86. The minimum absolute atomic E-state index is 0.156. The van der Waals surface area contributed by atoms with E-state index in [1.54, 1.807) is 0 Å². The minimum atomic E-state index is 0.156. The molecule has 2 atom stereocenters. The number of carbonyl (C=O) groups is 1. The van der Waals surface area contributed by atoms with Crippen molar-refractivity contribution in [2.24, 2.45) is 11.7 Å². The van der Waals surface area contributed by atoms with Crippen molar-refractivity contribution < 1.29 is 4.79 Å². The van der Waals surface area contributed by atoms with Crippen molar-refractivity contribution >= 4 is 5.91 Å². The van der Waals surface area contributed by atoms with Crippen molar-refractivity contribution in [2.45, 2.75) is 77.3 Å². The van der Waals surface area contributed by atoms with Crippen molar-refractivity contribution in [3.63, 3.8) is 0 Å². The Morgan fingerprint density at radius 2 is 1.94 bits per heavy atom. The van der Waals surface area contributed by atoms with E-state index >= 15 is 0 Å². The summed E-state index contributed by atoms with van der Waals surface area (Å²) in [6, 6.07) is 0.359. The first kappa shape index (κ1) is 14.5. The predicted molar refractivity (Wildman–Crippen MR) is 71.7 cm³/mol. The molecule has 0 aromatic heterocycles. The monoisotopic (exact) mass is 240 g/mol. The van der Waals surface area contributed by atoms with Crippen LogP contribution in [0.25, 0.3) is 0 Å². The molecule has 3 N–H and O–H groups in total. The Kier molecular flexibility index (Phi) is 6.56. The maximum absolute atomic E-state index is 11.7. The molecule has 0 heterocycles. The van der Waals surface area contributed by atoms with Gasteiger partial charge in [0.2, 0.25) is 5.91 Å². The standard InChI is InChI=1S/C14H28N2O/c1-11(15)10-12(2)16-14(17)9-8-13-6-4-3-5-7-13/h11-13H,3-10,15H2,1-2H3,(H,16,17). The quantitative estimate of drug-likeness (QED) is 0.750. The molecule has 1 saturated carbocycles. The summed E-state index contributed by atoms with van der Waals surface area (Å²) in [5.41, 5.74) is 5.71. The highest BCUT2D eigenvalue weighted by Gasteiger charge is 2.15. The van der Waals surface area contributed by atoms with Crippen LogP contribution in [0.5, 0.6) is 0 Å². The van der Waals surface area contributed by atoms with Crippen LogP contribution in [0.15, 0.2) is 0 Å². The highest BCUT2D eigenvalue weighted by molar-refractivity contribution is 5.76. The summed E-state index contributed by atoms with van der Waals surface area (Å²) in [7, 11) is 0. The van der Waals surface area contributed by atoms with Gasteiger partial charge in [-0.1, -0.05) is 32.1 Å². The summed E-state index contributed by atoms with van der Waals surface area (Å²) in [4.78, 5) is 11.7. The lowest BCUT2D eigenvalue weighted by Gasteiger charge is -2.22.